The summed E-state index contributed by atoms with van der Waals surface area (Å²) < 4.78 is 40.7. The maximum Gasteiger partial charge on any atom is 0.261 e. The normalized spacial score (nSPS) is 11.1. The second-order valence-corrected chi connectivity index (χ2v) is 8.09. The lowest BCUT2D eigenvalue weighted by Crippen LogP contribution is -2.15. The summed E-state index contributed by atoms with van der Waals surface area (Å²) in [6.07, 6.45) is 0. The van der Waals surface area contributed by atoms with E-state index < -0.39 is 21.7 Å². The minimum absolute atomic E-state index is 0.0470. The van der Waals surface area contributed by atoms with Gasteiger partial charge in [-0.1, -0.05) is 17.7 Å². The molecule has 1 amide bonds. The van der Waals surface area contributed by atoms with Gasteiger partial charge < -0.3 is 5.32 Å². The molecule has 0 radical (unpaired) electrons. The number of carbonyl (C=O) groups excluding carboxylic acids is 1. The second-order valence-electron chi connectivity index (χ2n) is 6.41. The van der Waals surface area contributed by atoms with E-state index in [4.69, 9.17) is 0 Å². The Labute approximate surface area is 163 Å². The highest BCUT2D eigenvalue weighted by molar-refractivity contribution is 7.92. The number of halogens is 1. The molecule has 0 spiro atoms. The van der Waals surface area contributed by atoms with Crippen molar-refractivity contribution in [2.24, 2.45) is 0 Å². The third-order valence-corrected chi connectivity index (χ3v) is 5.54. The second kappa shape index (κ2) is 7.82. The summed E-state index contributed by atoms with van der Waals surface area (Å²) in [5.41, 5.74) is 3.09. The van der Waals surface area contributed by atoms with Crippen molar-refractivity contribution in [3.05, 3.63) is 89.2 Å². The number of anilines is 2. The minimum atomic E-state index is -3.78. The molecule has 0 aromatic heterocycles. The predicted molar refractivity (Wildman–Crippen MR) is 108 cm³/mol. The predicted octanol–water partition coefficient (Wildman–Crippen LogP) is 4.50. The van der Waals surface area contributed by atoms with Gasteiger partial charge in [0, 0.05) is 11.3 Å². The van der Waals surface area contributed by atoms with Gasteiger partial charge in [-0.2, -0.15) is 0 Å². The molecule has 0 aliphatic rings. The van der Waals surface area contributed by atoms with Crippen LogP contribution in [0.3, 0.4) is 0 Å². The first kappa shape index (κ1) is 19.6. The summed E-state index contributed by atoms with van der Waals surface area (Å²) in [4.78, 5) is 12.3. The van der Waals surface area contributed by atoms with E-state index in [0.717, 1.165) is 11.1 Å². The van der Waals surface area contributed by atoms with E-state index in [-0.39, 0.29) is 10.5 Å². The molecule has 0 heterocycles. The molecule has 5 nitrogen and oxygen atoms in total. The van der Waals surface area contributed by atoms with Gasteiger partial charge in [-0.15, -0.1) is 0 Å². The Kier molecular flexibility index (Phi) is 5.46. The van der Waals surface area contributed by atoms with Crippen LogP contribution in [-0.2, 0) is 10.0 Å². The molecule has 3 aromatic rings. The Bertz CT molecular complexity index is 1110. The largest absolute Gasteiger partial charge is 0.322 e. The van der Waals surface area contributed by atoms with Crippen LogP contribution in [0.5, 0.6) is 0 Å². The van der Waals surface area contributed by atoms with Crippen molar-refractivity contribution in [1.29, 1.82) is 0 Å². The third kappa shape index (κ3) is 4.55. The Balaban J connectivity index is 1.75. The maximum atomic E-state index is 12.9. The first-order valence-corrected chi connectivity index (χ1v) is 10.00. The van der Waals surface area contributed by atoms with Crippen LogP contribution in [0.15, 0.2) is 71.6 Å². The maximum absolute atomic E-state index is 12.9. The van der Waals surface area contributed by atoms with Crippen LogP contribution in [0.25, 0.3) is 0 Å². The molecule has 0 saturated carbocycles. The fraction of sp³-hybridized carbons (Fsp3) is 0.0952. The molecule has 0 aliphatic heterocycles. The summed E-state index contributed by atoms with van der Waals surface area (Å²) in [5.74, 6) is -0.818. The zero-order valence-corrected chi connectivity index (χ0v) is 16.2. The summed E-state index contributed by atoms with van der Waals surface area (Å²) >= 11 is 0. The molecular weight excluding hydrogens is 379 g/mol. The Morgan fingerprint density at radius 3 is 2.14 bits per heavy atom. The van der Waals surface area contributed by atoms with Crippen LogP contribution in [-0.4, -0.2) is 14.3 Å². The van der Waals surface area contributed by atoms with Crippen molar-refractivity contribution in [2.75, 3.05) is 10.0 Å². The lowest BCUT2D eigenvalue weighted by molar-refractivity contribution is 0.102. The van der Waals surface area contributed by atoms with Gasteiger partial charge in [-0.25, -0.2) is 12.8 Å². The summed E-state index contributed by atoms with van der Waals surface area (Å²) in [6, 6.07) is 16.4. The number of nitrogens with one attached hydrogen (secondary N) is 2. The average Bonchev–Trinajstić information content (AvgIpc) is 2.66. The number of hydrogen-bond acceptors (Lipinski definition) is 3. The molecule has 7 heteroatoms. The van der Waals surface area contributed by atoms with Crippen molar-refractivity contribution in [3.8, 4) is 0 Å². The van der Waals surface area contributed by atoms with Crippen LogP contribution in [0.2, 0.25) is 0 Å². The fourth-order valence-electron chi connectivity index (χ4n) is 2.65. The lowest BCUT2D eigenvalue weighted by Gasteiger charge is -2.12. The molecule has 0 atom stereocenters. The summed E-state index contributed by atoms with van der Waals surface area (Å²) in [7, 11) is -3.78. The van der Waals surface area contributed by atoms with Crippen LogP contribution < -0.4 is 10.0 Å². The minimum Gasteiger partial charge on any atom is -0.322 e. The van der Waals surface area contributed by atoms with Gasteiger partial charge in [0.25, 0.3) is 15.9 Å². The SMILES string of the molecule is Cc1ccc(NS(=O)(=O)c2ccc(C(=O)Nc3ccc(F)cc3)cc2)c(C)c1. The number of amides is 1. The zero-order valence-electron chi connectivity index (χ0n) is 15.4. The Hall–Kier alpha value is -3.19. The number of benzene rings is 3. The number of hydrogen-bond donors (Lipinski definition) is 2. The van der Waals surface area contributed by atoms with E-state index in [0.29, 0.717) is 11.4 Å². The molecule has 0 fully saturated rings. The molecule has 144 valence electrons. The molecular formula is C21H19FN2O3S. The summed E-state index contributed by atoms with van der Waals surface area (Å²) in [5, 5.41) is 2.63. The Morgan fingerprint density at radius 1 is 0.893 bits per heavy atom. The monoisotopic (exact) mass is 398 g/mol. The highest BCUT2D eigenvalue weighted by Gasteiger charge is 2.16. The van der Waals surface area contributed by atoms with Gasteiger partial charge in [0.05, 0.1) is 10.6 Å². The molecule has 0 aliphatic carbocycles. The number of aryl methyl sites for hydroxylation is 2. The van der Waals surface area contributed by atoms with Gasteiger partial charge >= 0.3 is 0 Å². The van der Waals surface area contributed by atoms with E-state index >= 15 is 0 Å². The van der Waals surface area contributed by atoms with E-state index in [2.05, 4.69) is 10.0 Å². The molecule has 0 saturated heterocycles. The molecule has 2 N–H and O–H groups in total. The van der Waals surface area contributed by atoms with Crippen LogP contribution in [0.1, 0.15) is 21.5 Å². The standard InChI is InChI=1S/C21H19FN2O3S/c1-14-3-12-20(15(2)13-14)24-28(26,27)19-10-4-16(5-11-19)21(25)23-18-8-6-17(22)7-9-18/h3-13,24H,1-2H3,(H,23,25). The first-order chi connectivity index (χ1) is 13.2. The summed E-state index contributed by atoms with van der Waals surface area (Å²) in [6.45, 7) is 3.76. The molecule has 0 unspecified atom stereocenters. The third-order valence-electron chi connectivity index (χ3n) is 4.16. The zero-order chi connectivity index (χ0) is 20.3. The lowest BCUT2D eigenvalue weighted by atomic mass is 10.1. The van der Waals surface area contributed by atoms with Crippen molar-refractivity contribution >= 4 is 27.3 Å². The van der Waals surface area contributed by atoms with Crippen molar-refractivity contribution in [3.63, 3.8) is 0 Å². The van der Waals surface area contributed by atoms with Crippen LogP contribution >= 0.6 is 0 Å². The van der Waals surface area contributed by atoms with E-state index in [1.807, 2.05) is 26.0 Å². The molecule has 28 heavy (non-hydrogen) atoms. The van der Waals surface area contributed by atoms with E-state index in [9.17, 15) is 17.6 Å². The van der Waals surface area contributed by atoms with Crippen LogP contribution in [0, 0.1) is 19.7 Å². The number of carbonyl (C=O) groups is 1. The molecule has 3 aromatic carbocycles. The smallest absolute Gasteiger partial charge is 0.261 e. The topological polar surface area (TPSA) is 75.3 Å². The van der Waals surface area contributed by atoms with Crippen molar-refractivity contribution in [1.82, 2.24) is 0 Å². The van der Waals surface area contributed by atoms with Gasteiger partial charge in [0.1, 0.15) is 5.82 Å². The van der Waals surface area contributed by atoms with E-state index in [1.54, 1.807) is 6.07 Å². The van der Waals surface area contributed by atoms with Gasteiger partial charge in [-0.3, -0.25) is 9.52 Å². The van der Waals surface area contributed by atoms with Crippen molar-refractivity contribution < 1.29 is 17.6 Å². The number of sulfonamides is 1. The highest BCUT2D eigenvalue weighted by atomic mass is 32.2. The van der Waals surface area contributed by atoms with Crippen LogP contribution in [0.4, 0.5) is 15.8 Å². The first-order valence-electron chi connectivity index (χ1n) is 8.52. The van der Waals surface area contributed by atoms with Gasteiger partial charge in [-0.05, 0) is 74.0 Å². The van der Waals surface area contributed by atoms with E-state index in [1.165, 1.54) is 48.5 Å². The average molecular weight is 398 g/mol. The fourth-order valence-corrected chi connectivity index (χ4v) is 3.78. The van der Waals surface area contributed by atoms with Gasteiger partial charge in [0.2, 0.25) is 0 Å². The Morgan fingerprint density at radius 2 is 1.54 bits per heavy atom. The molecule has 0 bridgehead atoms. The molecule has 3 rings (SSSR count). The number of rotatable bonds is 5. The highest BCUT2D eigenvalue weighted by Crippen LogP contribution is 2.21. The quantitative estimate of drug-likeness (QED) is 0.665. The van der Waals surface area contributed by atoms with Gasteiger partial charge in [0.15, 0.2) is 0 Å². The van der Waals surface area contributed by atoms with Crippen molar-refractivity contribution in [2.45, 2.75) is 18.7 Å².